The molecule has 0 spiro atoms. The largest absolute Gasteiger partial charge is 0.469 e. The molecule has 0 amide bonds. The minimum atomic E-state index is -0.490. The van der Waals surface area contributed by atoms with Crippen molar-refractivity contribution in [3.63, 3.8) is 0 Å². The van der Waals surface area contributed by atoms with Crippen LogP contribution in [0.5, 0.6) is 0 Å². The van der Waals surface area contributed by atoms with Gasteiger partial charge in [-0.1, -0.05) is 6.08 Å². The van der Waals surface area contributed by atoms with Crippen molar-refractivity contribution in [2.24, 2.45) is 0 Å². The van der Waals surface area contributed by atoms with Gasteiger partial charge in [0.05, 0.1) is 20.1 Å². The second-order valence-corrected chi connectivity index (χ2v) is 3.42. The number of hydrogen-bond donors (Lipinski definition) is 0. The quantitative estimate of drug-likeness (QED) is 0.534. The summed E-state index contributed by atoms with van der Waals surface area (Å²) in [4.78, 5) is 22.0. The topological polar surface area (TPSA) is 61.8 Å². The molecule has 1 atom stereocenters. The molecular formula is C11H16O5. The number of esters is 2. The van der Waals surface area contributed by atoms with Crippen molar-refractivity contribution >= 4 is 11.9 Å². The van der Waals surface area contributed by atoms with Crippen LogP contribution in [-0.2, 0) is 23.8 Å². The number of carbonyl (C=O) groups is 2. The standard InChI is InChI=1S/C11H16O5/c1-14-9(12)5-4-6-10(13)16-11-7-2-3-8-15-11/h4,6,11H,2-3,5,7-8H2,1H3/b6-4+. The fourth-order valence-electron chi connectivity index (χ4n) is 1.31. The Morgan fingerprint density at radius 3 is 2.88 bits per heavy atom. The highest BCUT2D eigenvalue weighted by atomic mass is 16.7. The second kappa shape index (κ2) is 7.00. The van der Waals surface area contributed by atoms with Gasteiger partial charge in [-0.3, -0.25) is 4.79 Å². The zero-order chi connectivity index (χ0) is 11.8. The molecule has 0 aliphatic carbocycles. The van der Waals surface area contributed by atoms with Crippen molar-refractivity contribution in [3.8, 4) is 0 Å². The molecule has 0 aromatic rings. The summed E-state index contributed by atoms with van der Waals surface area (Å²) in [6.07, 6.45) is 5.00. The molecule has 0 saturated carbocycles. The van der Waals surface area contributed by atoms with Crippen LogP contribution < -0.4 is 0 Å². The Kier molecular flexibility index (Phi) is 5.56. The first-order valence-electron chi connectivity index (χ1n) is 5.28. The average molecular weight is 228 g/mol. The third-order valence-electron chi connectivity index (χ3n) is 2.15. The maximum atomic E-state index is 11.2. The molecule has 1 unspecified atom stereocenters. The highest BCUT2D eigenvalue weighted by Crippen LogP contribution is 2.13. The van der Waals surface area contributed by atoms with Crippen molar-refractivity contribution in [2.45, 2.75) is 32.0 Å². The lowest BCUT2D eigenvalue weighted by Crippen LogP contribution is -2.24. The summed E-state index contributed by atoms with van der Waals surface area (Å²) in [7, 11) is 1.30. The van der Waals surface area contributed by atoms with Crippen LogP contribution in [0.25, 0.3) is 0 Å². The molecule has 0 bridgehead atoms. The highest BCUT2D eigenvalue weighted by molar-refractivity contribution is 5.83. The minimum absolute atomic E-state index is 0.0666. The van der Waals surface area contributed by atoms with Gasteiger partial charge in [0.2, 0.25) is 6.29 Å². The molecule has 90 valence electrons. The minimum Gasteiger partial charge on any atom is -0.469 e. The fourth-order valence-corrected chi connectivity index (χ4v) is 1.31. The van der Waals surface area contributed by atoms with E-state index < -0.39 is 18.2 Å². The molecule has 0 aromatic carbocycles. The molecule has 1 aliphatic heterocycles. The van der Waals surface area contributed by atoms with Gasteiger partial charge in [-0.25, -0.2) is 4.79 Å². The first-order chi connectivity index (χ1) is 7.72. The zero-order valence-corrected chi connectivity index (χ0v) is 9.31. The highest BCUT2D eigenvalue weighted by Gasteiger charge is 2.16. The van der Waals surface area contributed by atoms with E-state index in [4.69, 9.17) is 9.47 Å². The van der Waals surface area contributed by atoms with Crippen molar-refractivity contribution in [3.05, 3.63) is 12.2 Å². The summed E-state index contributed by atoms with van der Waals surface area (Å²) in [5.41, 5.74) is 0. The lowest BCUT2D eigenvalue weighted by atomic mass is 10.2. The van der Waals surface area contributed by atoms with Crippen molar-refractivity contribution in [1.82, 2.24) is 0 Å². The summed E-state index contributed by atoms with van der Waals surface area (Å²) < 4.78 is 14.7. The molecule has 5 nitrogen and oxygen atoms in total. The smallest absolute Gasteiger partial charge is 0.332 e. The Bertz CT molecular complexity index is 266. The third-order valence-corrected chi connectivity index (χ3v) is 2.15. The van der Waals surface area contributed by atoms with Crippen LogP contribution in [0.3, 0.4) is 0 Å². The summed E-state index contributed by atoms with van der Waals surface area (Å²) in [6, 6.07) is 0. The number of ether oxygens (including phenoxy) is 3. The molecule has 1 heterocycles. The summed E-state index contributed by atoms with van der Waals surface area (Å²) in [5, 5.41) is 0. The molecular weight excluding hydrogens is 212 g/mol. The maximum Gasteiger partial charge on any atom is 0.332 e. The Morgan fingerprint density at radius 1 is 1.44 bits per heavy atom. The van der Waals surface area contributed by atoms with Gasteiger partial charge in [0.25, 0.3) is 0 Å². The van der Waals surface area contributed by atoms with Crippen LogP contribution in [0, 0.1) is 0 Å². The summed E-state index contributed by atoms with van der Waals surface area (Å²) in [6.45, 7) is 0.629. The van der Waals surface area contributed by atoms with Crippen LogP contribution in [0.2, 0.25) is 0 Å². The Balaban J connectivity index is 2.21. The normalized spacial score (nSPS) is 20.7. The first kappa shape index (κ1) is 12.7. The monoisotopic (exact) mass is 228 g/mol. The van der Waals surface area contributed by atoms with Gasteiger partial charge in [-0.2, -0.15) is 0 Å². The van der Waals surface area contributed by atoms with Gasteiger partial charge in [0, 0.05) is 12.5 Å². The van der Waals surface area contributed by atoms with E-state index in [1.807, 2.05) is 0 Å². The van der Waals surface area contributed by atoms with Gasteiger partial charge in [0.1, 0.15) is 0 Å². The molecule has 1 fully saturated rings. The maximum absolute atomic E-state index is 11.2. The summed E-state index contributed by atoms with van der Waals surface area (Å²) >= 11 is 0. The number of hydrogen-bond acceptors (Lipinski definition) is 5. The molecule has 1 aliphatic rings. The van der Waals surface area contributed by atoms with E-state index in [1.165, 1.54) is 19.3 Å². The van der Waals surface area contributed by atoms with Crippen LogP contribution in [0.1, 0.15) is 25.7 Å². The first-order valence-corrected chi connectivity index (χ1v) is 5.28. The van der Waals surface area contributed by atoms with Gasteiger partial charge in [-0.05, 0) is 12.8 Å². The average Bonchev–Trinajstić information content (AvgIpc) is 2.30. The van der Waals surface area contributed by atoms with E-state index in [0.717, 1.165) is 19.3 Å². The van der Waals surface area contributed by atoms with E-state index in [1.54, 1.807) is 0 Å². The molecule has 16 heavy (non-hydrogen) atoms. The Hall–Kier alpha value is -1.36. The van der Waals surface area contributed by atoms with Crippen molar-refractivity contribution in [2.75, 3.05) is 13.7 Å². The molecule has 1 saturated heterocycles. The molecule has 5 heteroatoms. The predicted molar refractivity (Wildman–Crippen MR) is 55.5 cm³/mol. The zero-order valence-electron chi connectivity index (χ0n) is 9.31. The third kappa shape index (κ3) is 4.93. The van der Waals surface area contributed by atoms with E-state index in [2.05, 4.69) is 4.74 Å². The molecule has 1 rings (SSSR count). The van der Waals surface area contributed by atoms with E-state index >= 15 is 0 Å². The number of rotatable bonds is 4. The van der Waals surface area contributed by atoms with E-state index in [-0.39, 0.29) is 6.42 Å². The van der Waals surface area contributed by atoms with Crippen LogP contribution in [-0.4, -0.2) is 31.9 Å². The van der Waals surface area contributed by atoms with Crippen LogP contribution >= 0.6 is 0 Å². The van der Waals surface area contributed by atoms with Gasteiger partial charge in [-0.15, -0.1) is 0 Å². The SMILES string of the molecule is COC(=O)C/C=C/C(=O)OC1CCCCO1. The van der Waals surface area contributed by atoms with Crippen LogP contribution in [0.15, 0.2) is 12.2 Å². The van der Waals surface area contributed by atoms with Crippen LogP contribution in [0.4, 0.5) is 0 Å². The van der Waals surface area contributed by atoms with E-state index in [9.17, 15) is 9.59 Å². The summed E-state index contributed by atoms with van der Waals surface area (Å²) in [5.74, 6) is -0.881. The molecule has 0 N–H and O–H groups in total. The van der Waals surface area contributed by atoms with Crippen molar-refractivity contribution in [1.29, 1.82) is 0 Å². The predicted octanol–water partition coefficient (Wildman–Crippen LogP) is 1.18. The molecule has 0 aromatic heterocycles. The van der Waals surface area contributed by atoms with Crippen molar-refractivity contribution < 1.29 is 23.8 Å². The fraction of sp³-hybridized carbons (Fsp3) is 0.636. The van der Waals surface area contributed by atoms with E-state index in [0.29, 0.717) is 6.61 Å². The van der Waals surface area contributed by atoms with Gasteiger partial charge >= 0.3 is 11.9 Å². The Labute approximate surface area is 94.4 Å². The second-order valence-electron chi connectivity index (χ2n) is 3.42. The van der Waals surface area contributed by atoms with Gasteiger partial charge < -0.3 is 14.2 Å². The lowest BCUT2D eigenvalue weighted by molar-refractivity contribution is -0.181. The number of carbonyl (C=O) groups excluding carboxylic acids is 2. The molecule has 0 radical (unpaired) electrons. The Morgan fingerprint density at radius 2 is 2.25 bits per heavy atom. The van der Waals surface area contributed by atoms with Gasteiger partial charge in [0.15, 0.2) is 0 Å². The number of methoxy groups -OCH3 is 1. The lowest BCUT2D eigenvalue weighted by Gasteiger charge is -2.21.